The van der Waals surface area contributed by atoms with Crippen LogP contribution in [-0.4, -0.2) is 40.4 Å². The van der Waals surface area contributed by atoms with E-state index in [1.165, 1.54) is 24.1 Å². The third kappa shape index (κ3) is 4.00. The normalized spacial score (nSPS) is 23.3. The van der Waals surface area contributed by atoms with Gasteiger partial charge in [0.2, 0.25) is 5.91 Å². The molecule has 0 unspecified atom stereocenters. The Kier molecular flexibility index (Phi) is 5.54. The Morgan fingerprint density at radius 3 is 2.77 bits per heavy atom. The molecule has 160 valence electrons. The maximum absolute atomic E-state index is 13.2. The average molecular weight is 426 g/mol. The molecule has 5 nitrogen and oxygen atoms in total. The number of hydrogen-bond acceptors (Lipinski definition) is 4. The SMILES string of the molecule is CN(Cc1cccs1)Cc1ccc2n(c1=O)C[C@H]1C[C@@H]2CN(C(=O)CC2CCC2)C1. The van der Waals surface area contributed by atoms with Crippen LogP contribution in [0.3, 0.4) is 0 Å². The molecule has 6 heteroatoms. The number of pyridine rings is 1. The molecule has 0 aromatic carbocycles. The molecule has 2 aliphatic heterocycles. The highest BCUT2D eigenvalue weighted by Crippen LogP contribution is 2.37. The molecule has 2 aromatic heterocycles. The van der Waals surface area contributed by atoms with E-state index >= 15 is 0 Å². The van der Waals surface area contributed by atoms with Gasteiger partial charge in [-0.25, -0.2) is 0 Å². The fourth-order valence-electron chi connectivity index (χ4n) is 5.40. The van der Waals surface area contributed by atoms with Gasteiger partial charge in [0.05, 0.1) is 0 Å². The Labute approximate surface area is 182 Å². The van der Waals surface area contributed by atoms with Crippen LogP contribution in [0.5, 0.6) is 0 Å². The Morgan fingerprint density at radius 2 is 2.03 bits per heavy atom. The van der Waals surface area contributed by atoms with Crippen LogP contribution in [0.2, 0.25) is 0 Å². The molecule has 2 atom stereocenters. The van der Waals surface area contributed by atoms with E-state index in [1.807, 2.05) is 10.6 Å². The molecule has 3 aliphatic rings. The minimum Gasteiger partial charge on any atom is -0.342 e. The number of amides is 1. The van der Waals surface area contributed by atoms with Gasteiger partial charge in [-0.05, 0) is 55.7 Å². The number of hydrogen-bond donors (Lipinski definition) is 0. The lowest BCUT2D eigenvalue weighted by molar-refractivity contribution is -0.135. The molecule has 5 rings (SSSR count). The van der Waals surface area contributed by atoms with Gasteiger partial charge in [0.15, 0.2) is 0 Å². The molecule has 2 aromatic rings. The largest absolute Gasteiger partial charge is 0.342 e. The fraction of sp³-hybridized carbons (Fsp3) is 0.583. The highest BCUT2D eigenvalue weighted by atomic mass is 32.1. The first-order valence-electron chi connectivity index (χ1n) is 11.3. The maximum Gasteiger partial charge on any atom is 0.255 e. The van der Waals surface area contributed by atoms with Crippen molar-refractivity contribution >= 4 is 17.2 Å². The number of rotatable bonds is 6. The third-order valence-corrected chi connectivity index (χ3v) is 8.03. The maximum atomic E-state index is 13.2. The van der Waals surface area contributed by atoms with Gasteiger partial charge in [-0.1, -0.05) is 18.6 Å². The van der Waals surface area contributed by atoms with Gasteiger partial charge in [-0.2, -0.15) is 0 Å². The van der Waals surface area contributed by atoms with Crippen LogP contribution < -0.4 is 5.56 Å². The molecule has 2 bridgehead atoms. The highest BCUT2D eigenvalue weighted by Gasteiger charge is 2.37. The first-order valence-corrected chi connectivity index (χ1v) is 12.2. The van der Waals surface area contributed by atoms with Gasteiger partial charge in [-0.3, -0.25) is 14.5 Å². The van der Waals surface area contributed by atoms with E-state index in [1.54, 1.807) is 11.3 Å². The van der Waals surface area contributed by atoms with E-state index in [9.17, 15) is 9.59 Å². The van der Waals surface area contributed by atoms with Crippen LogP contribution in [0.1, 0.15) is 54.2 Å². The molecular formula is C24H31N3O2S. The van der Waals surface area contributed by atoms with Crippen LogP contribution in [0.15, 0.2) is 34.4 Å². The number of piperidine rings is 1. The van der Waals surface area contributed by atoms with Gasteiger partial charge in [0.1, 0.15) is 0 Å². The molecule has 1 aliphatic carbocycles. The number of thiophene rings is 1. The number of carbonyl (C=O) groups excluding carboxylic acids is 1. The van der Waals surface area contributed by atoms with Crippen LogP contribution in [0.25, 0.3) is 0 Å². The van der Waals surface area contributed by atoms with E-state index in [2.05, 4.69) is 40.4 Å². The predicted molar refractivity (Wildman–Crippen MR) is 120 cm³/mol. The second-order valence-corrected chi connectivity index (χ2v) is 10.6. The lowest BCUT2D eigenvalue weighted by Gasteiger charge is -2.43. The molecule has 0 N–H and O–H groups in total. The van der Waals surface area contributed by atoms with Crippen molar-refractivity contribution in [2.45, 2.75) is 57.7 Å². The van der Waals surface area contributed by atoms with E-state index in [4.69, 9.17) is 0 Å². The summed E-state index contributed by atoms with van der Waals surface area (Å²) in [4.78, 5) is 31.6. The summed E-state index contributed by atoms with van der Waals surface area (Å²) in [5.41, 5.74) is 2.16. The molecule has 4 heterocycles. The smallest absolute Gasteiger partial charge is 0.255 e. The van der Waals surface area contributed by atoms with Crippen molar-refractivity contribution in [1.82, 2.24) is 14.4 Å². The first kappa shape index (κ1) is 20.0. The molecule has 30 heavy (non-hydrogen) atoms. The van der Waals surface area contributed by atoms with E-state index < -0.39 is 0 Å². The topological polar surface area (TPSA) is 45.6 Å². The number of aromatic nitrogens is 1. The van der Waals surface area contributed by atoms with Gasteiger partial charge in [-0.15, -0.1) is 11.3 Å². The van der Waals surface area contributed by atoms with Crippen LogP contribution in [0.4, 0.5) is 0 Å². The molecule has 1 saturated heterocycles. The number of fused-ring (bicyclic) bond motifs is 4. The Bertz CT molecular complexity index is 963. The van der Waals surface area contributed by atoms with Crippen LogP contribution in [-0.2, 0) is 24.4 Å². The Hall–Kier alpha value is -1.92. The number of carbonyl (C=O) groups is 1. The predicted octanol–water partition coefficient (Wildman–Crippen LogP) is 3.68. The zero-order valence-electron chi connectivity index (χ0n) is 17.8. The summed E-state index contributed by atoms with van der Waals surface area (Å²) >= 11 is 1.75. The Morgan fingerprint density at radius 1 is 1.17 bits per heavy atom. The second-order valence-electron chi connectivity index (χ2n) is 9.55. The van der Waals surface area contributed by atoms with Crippen molar-refractivity contribution in [1.29, 1.82) is 0 Å². The minimum absolute atomic E-state index is 0.162. The molecular weight excluding hydrogens is 394 g/mol. The average Bonchev–Trinajstić information content (AvgIpc) is 3.20. The molecule has 1 saturated carbocycles. The van der Waals surface area contributed by atoms with Crippen molar-refractivity contribution in [3.8, 4) is 0 Å². The molecule has 1 amide bonds. The van der Waals surface area contributed by atoms with E-state index in [0.717, 1.165) is 50.3 Å². The zero-order valence-corrected chi connectivity index (χ0v) is 18.6. The van der Waals surface area contributed by atoms with Gasteiger partial charge < -0.3 is 9.47 Å². The monoisotopic (exact) mass is 425 g/mol. The van der Waals surface area contributed by atoms with E-state index in [0.29, 0.717) is 30.2 Å². The quantitative estimate of drug-likeness (QED) is 0.709. The Balaban J connectivity index is 1.29. The summed E-state index contributed by atoms with van der Waals surface area (Å²) in [6, 6.07) is 8.38. The summed E-state index contributed by atoms with van der Waals surface area (Å²) in [5, 5.41) is 2.09. The van der Waals surface area contributed by atoms with Crippen molar-refractivity contribution in [3.63, 3.8) is 0 Å². The molecule has 2 fully saturated rings. The number of likely N-dealkylation sites (tertiary alicyclic amines) is 1. The van der Waals surface area contributed by atoms with Gasteiger partial charge in [0, 0.05) is 61.2 Å². The van der Waals surface area contributed by atoms with Crippen molar-refractivity contribution in [2.75, 3.05) is 20.1 Å². The summed E-state index contributed by atoms with van der Waals surface area (Å²) in [5.74, 6) is 1.65. The van der Waals surface area contributed by atoms with Crippen LogP contribution >= 0.6 is 11.3 Å². The molecule has 0 spiro atoms. The second kappa shape index (κ2) is 8.31. The standard InChI is InChI=1S/C24H31N3O2S/c1-25(16-21-6-3-9-30-21)14-19-7-8-22-20-10-18(13-27(22)24(19)29)12-26(15-20)23(28)11-17-4-2-5-17/h3,6-9,17-18,20H,2,4-5,10-16H2,1H3/t18-,20+/m0/s1. The molecule has 0 radical (unpaired) electrons. The summed E-state index contributed by atoms with van der Waals surface area (Å²) < 4.78 is 2.01. The summed E-state index contributed by atoms with van der Waals surface area (Å²) in [7, 11) is 2.07. The first-order chi connectivity index (χ1) is 14.6. The van der Waals surface area contributed by atoms with E-state index in [-0.39, 0.29) is 5.56 Å². The third-order valence-electron chi connectivity index (χ3n) is 7.17. The van der Waals surface area contributed by atoms with Gasteiger partial charge >= 0.3 is 0 Å². The summed E-state index contributed by atoms with van der Waals surface area (Å²) in [6.45, 7) is 3.87. The lowest BCUT2D eigenvalue weighted by Crippen LogP contribution is -2.50. The van der Waals surface area contributed by atoms with Gasteiger partial charge in [0.25, 0.3) is 5.56 Å². The summed E-state index contributed by atoms with van der Waals surface area (Å²) in [6.07, 6.45) is 5.54. The van der Waals surface area contributed by atoms with Crippen molar-refractivity contribution in [3.05, 3.63) is 56.1 Å². The minimum atomic E-state index is 0.162. The lowest BCUT2D eigenvalue weighted by atomic mass is 9.80. The van der Waals surface area contributed by atoms with Crippen LogP contribution in [0, 0.1) is 11.8 Å². The number of nitrogens with zero attached hydrogens (tertiary/aromatic N) is 3. The van der Waals surface area contributed by atoms with Crippen molar-refractivity contribution < 1.29 is 4.79 Å². The fourth-order valence-corrected chi connectivity index (χ4v) is 6.19. The highest BCUT2D eigenvalue weighted by molar-refractivity contribution is 7.09. The van der Waals surface area contributed by atoms with Crippen molar-refractivity contribution in [2.24, 2.45) is 11.8 Å². The zero-order chi connectivity index (χ0) is 20.7.